The SMILES string of the molecule is CC(C)(C)OC(=O)Nc1ccc(-c2csc(CC#N)c2)cc1. The maximum atomic E-state index is 11.7. The highest BCUT2D eigenvalue weighted by Gasteiger charge is 2.16. The molecule has 2 aromatic rings. The molecule has 0 aliphatic rings. The lowest BCUT2D eigenvalue weighted by molar-refractivity contribution is 0.0636. The molecule has 0 saturated heterocycles. The van der Waals surface area contributed by atoms with Crippen LogP contribution in [0.2, 0.25) is 0 Å². The third-order valence-electron chi connectivity index (χ3n) is 2.77. The minimum absolute atomic E-state index is 0.433. The van der Waals surface area contributed by atoms with Crippen molar-refractivity contribution in [1.29, 1.82) is 5.26 Å². The molecule has 0 aliphatic heterocycles. The van der Waals surface area contributed by atoms with Gasteiger partial charge in [-0.3, -0.25) is 5.32 Å². The first kappa shape index (κ1) is 16.1. The molecule has 22 heavy (non-hydrogen) atoms. The number of nitrogens with zero attached hydrogens (tertiary/aromatic N) is 1. The van der Waals surface area contributed by atoms with Crippen molar-refractivity contribution < 1.29 is 9.53 Å². The molecule has 2 rings (SSSR count). The highest BCUT2D eigenvalue weighted by atomic mass is 32.1. The molecule has 1 N–H and O–H groups in total. The van der Waals surface area contributed by atoms with Crippen molar-refractivity contribution >= 4 is 23.1 Å². The minimum atomic E-state index is -0.516. The smallest absolute Gasteiger partial charge is 0.412 e. The van der Waals surface area contributed by atoms with Gasteiger partial charge >= 0.3 is 6.09 Å². The van der Waals surface area contributed by atoms with E-state index in [9.17, 15) is 4.79 Å². The van der Waals surface area contributed by atoms with Gasteiger partial charge in [0.1, 0.15) is 5.60 Å². The van der Waals surface area contributed by atoms with Crippen LogP contribution in [0.15, 0.2) is 35.7 Å². The molecule has 1 aromatic carbocycles. The average Bonchev–Trinajstić information content (AvgIpc) is 2.86. The van der Waals surface area contributed by atoms with Gasteiger partial charge in [0.05, 0.1) is 12.5 Å². The fraction of sp³-hybridized carbons (Fsp3) is 0.294. The van der Waals surface area contributed by atoms with E-state index in [1.54, 1.807) is 11.3 Å². The molecular formula is C17H18N2O2S. The average molecular weight is 314 g/mol. The molecule has 5 heteroatoms. The lowest BCUT2D eigenvalue weighted by Gasteiger charge is -2.19. The Kier molecular flexibility index (Phi) is 4.84. The molecule has 0 bridgehead atoms. The molecule has 0 radical (unpaired) electrons. The summed E-state index contributed by atoms with van der Waals surface area (Å²) in [6, 6.07) is 11.7. The molecule has 0 atom stereocenters. The molecular weight excluding hydrogens is 296 g/mol. The first-order valence-electron chi connectivity index (χ1n) is 6.92. The summed E-state index contributed by atoms with van der Waals surface area (Å²) in [5.41, 5.74) is 2.30. The fourth-order valence-corrected chi connectivity index (χ4v) is 2.70. The normalized spacial score (nSPS) is 10.8. The fourth-order valence-electron chi connectivity index (χ4n) is 1.87. The lowest BCUT2D eigenvalue weighted by Crippen LogP contribution is -2.27. The summed E-state index contributed by atoms with van der Waals surface area (Å²) in [6.45, 7) is 5.47. The maximum absolute atomic E-state index is 11.7. The zero-order valence-corrected chi connectivity index (χ0v) is 13.7. The summed E-state index contributed by atoms with van der Waals surface area (Å²) in [4.78, 5) is 12.7. The van der Waals surface area contributed by atoms with Gasteiger partial charge in [-0.15, -0.1) is 11.3 Å². The molecule has 0 aliphatic carbocycles. The van der Waals surface area contributed by atoms with Gasteiger partial charge in [0, 0.05) is 10.6 Å². The van der Waals surface area contributed by atoms with Gasteiger partial charge in [-0.05, 0) is 55.5 Å². The molecule has 0 spiro atoms. The summed E-state index contributed by atoms with van der Waals surface area (Å²) >= 11 is 1.58. The summed E-state index contributed by atoms with van der Waals surface area (Å²) in [7, 11) is 0. The van der Waals surface area contributed by atoms with Crippen molar-refractivity contribution in [3.63, 3.8) is 0 Å². The van der Waals surface area contributed by atoms with Crippen LogP contribution in [0.1, 0.15) is 25.6 Å². The first-order valence-corrected chi connectivity index (χ1v) is 7.80. The Morgan fingerprint density at radius 3 is 2.55 bits per heavy atom. The zero-order valence-electron chi connectivity index (χ0n) is 12.8. The van der Waals surface area contributed by atoms with E-state index in [4.69, 9.17) is 10.00 Å². The number of ether oxygens (including phenoxy) is 1. The second-order valence-corrected chi connectivity index (χ2v) is 6.84. The number of nitriles is 1. The van der Waals surface area contributed by atoms with Crippen molar-refractivity contribution in [2.75, 3.05) is 5.32 Å². The van der Waals surface area contributed by atoms with Gasteiger partial charge < -0.3 is 4.74 Å². The standard InChI is InChI=1S/C17H18N2O2S/c1-17(2,3)21-16(20)19-14-6-4-12(5-7-14)13-10-15(8-9-18)22-11-13/h4-7,10-11H,8H2,1-3H3,(H,19,20). The second kappa shape index (κ2) is 6.63. The Balaban J connectivity index is 2.04. The molecule has 0 saturated carbocycles. The van der Waals surface area contributed by atoms with Gasteiger partial charge in [0.15, 0.2) is 0 Å². The Labute approximate surface area is 134 Å². The Bertz CT molecular complexity index is 691. The second-order valence-electron chi connectivity index (χ2n) is 5.84. The Hall–Kier alpha value is -2.32. The summed E-state index contributed by atoms with van der Waals surface area (Å²) in [5, 5.41) is 13.4. The van der Waals surface area contributed by atoms with Crippen LogP contribution in [-0.2, 0) is 11.2 Å². The number of anilines is 1. The van der Waals surface area contributed by atoms with Gasteiger partial charge in [-0.2, -0.15) is 5.26 Å². The summed E-state index contributed by atoms with van der Waals surface area (Å²) in [5.74, 6) is 0. The van der Waals surface area contributed by atoms with E-state index < -0.39 is 11.7 Å². The van der Waals surface area contributed by atoms with Crippen LogP contribution in [0.5, 0.6) is 0 Å². The molecule has 1 aromatic heterocycles. The van der Waals surface area contributed by atoms with Crippen molar-refractivity contribution in [3.05, 3.63) is 40.6 Å². The third-order valence-corrected chi connectivity index (χ3v) is 3.71. The van der Waals surface area contributed by atoms with E-state index in [2.05, 4.69) is 11.4 Å². The molecule has 0 unspecified atom stereocenters. The Morgan fingerprint density at radius 2 is 1.95 bits per heavy atom. The molecule has 1 amide bonds. The van der Waals surface area contributed by atoms with Crippen LogP contribution in [0.25, 0.3) is 11.1 Å². The number of amides is 1. The van der Waals surface area contributed by atoms with Crippen molar-refractivity contribution in [3.8, 4) is 17.2 Å². The number of thiophene rings is 1. The first-order chi connectivity index (χ1) is 10.4. The van der Waals surface area contributed by atoms with E-state index in [0.717, 1.165) is 16.0 Å². The van der Waals surface area contributed by atoms with Crippen molar-refractivity contribution in [1.82, 2.24) is 0 Å². The van der Waals surface area contributed by atoms with Crippen LogP contribution < -0.4 is 5.32 Å². The van der Waals surface area contributed by atoms with E-state index in [-0.39, 0.29) is 0 Å². The minimum Gasteiger partial charge on any atom is -0.444 e. The number of benzene rings is 1. The third kappa shape index (κ3) is 4.61. The van der Waals surface area contributed by atoms with Gasteiger partial charge in [0.25, 0.3) is 0 Å². The maximum Gasteiger partial charge on any atom is 0.412 e. The number of nitrogens with one attached hydrogen (secondary N) is 1. The van der Waals surface area contributed by atoms with Crippen LogP contribution in [0.3, 0.4) is 0 Å². The number of hydrogen-bond donors (Lipinski definition) is 1. The monoisotopic (exact) mass is 314 g/mol. The Morgan fingerprint density at radius 1 is 1.27 bits per heavy atom. The topological polar surface area (TPSA) is 62.1 Å². The number of carbonyl (C=O) groups is 1. The van der Waals surface area contributed by atoms with Crippen LogP contribution in [0, 0.1) is 11.3 Å². The summed E-state index contributed by atoms with van der Waals surface area (Å²) < 4.78 is 5.21. The number of rotatable bonds is 3. The largest absolute Gasteiger partial charge is 0.444 e. The predicted octanol–water partition coefficient (Wildman–Crippen LogP) is 4.83. The number of hydrogen-bond acceptors (Lipinski definition) is 4. The van der Waals surface area contributed by atoms with E-state index >= 15 is 0 Å². The zero-order chi connectivity index (χ0) is 16.2. The molecule has 0 fully saturated rings. The predicted molar refractivity (Wildman–Crippen MR) is 88.9 cm³/mol. The quantitative estimate of drug-likeness (QED) is 0.882. The lowest BCUT2D eigenvalue weighted by atomic mass is 10.1. The van der Waals surface area contributed by atoms with Crippen LogP contribution >= 0.6 is 11.3 Å². The van der Waals surface area contributed by atoms with Crippen molar-refractivity contribution in [2.45, 2.75) is 32.8 Å². The van der Waals surface area contributed by atoms with E-state index in [1.165, 1.54) is 0 Å². The van der Waals surface area contributed by atoms with Crippen LogP contribution in [0.4, 0.5) is 10.5 Å². The van der Waals surface area contributed by atoms with Gasteiger partial charge in [-0.1, -0.05) is 12.1 Å². The highest BCUT2D eigenvalue weighted by molar-refractivity contribution is 7.10. The van der Waals surface area contributed by atoms with Gasteiger partial charge in [-0.25, -0.2) is 4.79 Å². The van der Waals surface area contributed by atoms with E-state index in [0.29, 0.717) is 12.1 Å². The molecule has 4 nitrogen and oxygen atoms in total. The van der Waals surface area contributed by atoms with Crippen molar-refractivity contribution in [2.24, 2.45) is 0 Å². The highest BCUT2D eigenvalue weighted by Crippen LogP contribution is 2.27. The van der Waals surface area contributed by atoms with Crippen LogP contribution in [-0.4, -0.2) is 11.7 Å². The van der Waals surface area contributed by atoms with E-state index in [1.807, 2.05) is 56.5 Å². The summed E-state index contributed by atoms with van der Waals surface area (Å²) in [6.07, 6.45) is -0.0322. The van der Waals surface area contributed by atoms with Gasteiger partial charge in [0.2, 0.25) is 0 Å². The molecule has 114 valence electrons. The molecule has 1 heterocycles. The number of carbonyl (C=O) groups excluding carboxylic acids is 1.